The summed E-state index contributed by atoms with van der Waals surface area (Å²) in [6.45, 7) is 4.05. The van der Waals surface area contributed by atoms with Crippen molar-refractivity contribution in [3.8, 4) is 11.4 Å². The minimum Gasteiger partial charge on any atom is -0.335 e. The van der Waals surface area contributed by atoms with Crippen LogP contribution in [0.5, 0.6) is 0 Å². The fourth-order valence-corrected chi connectivity index (χ4v) is 3.41. The number of benzene rings is 1. The molecule has 1 aliphatic heterocycles. The number of amides is 2. The van der Waals surface area contributed by atoms with Crippen molar-refractivity contribution in [2.75, 3.05) is 18.4 Å². The van der Waals surface area contributed by atoms with Crippen LogP contribution in [-0.2, 0) is 0 Å². The predicted molar refractivity (Wildman–Crippen MR) is 96.3 cm³/mol. The molecule has 2 amide bonds. The molecule has 132 valence electrons. The van der Waals surface area contributed by atoms with E-state index in [1.165, 1.54) is 12.8 Å². The molecule has 1 saturated carbocycles. The van der Waals surface area contributed by atoms with E-state index in [1.54, 1.807) is 0 Å². The molecule has 3 N–H and O–H groups in total. The molecule has 1 aromatic carbocycles. The van der Waals surface area contributed by atoms with Crippen LogP contribution in [0.25, 0.3) is 11.4 Å². The fraction of sp³-hybridized carbons (Fsp3) is 0.500. The Kier molecular flexibility index (Phi) is 4.40. The van der Waals surface area contributed by atoms with Crippen molar-refractivity contribution >= 4 is 11.7 Å². The summed E-state index contributed by atoms with van der Waals surface area (Å²) in [4.78, 5) is 19.2. The van der Waals surface area contributed by atoms with E-state index in [2.05, 4.69) is 30.7 Å². The largest absolute Gasteiger partial charge is 0.335 e. The second-order valence-electron chi connectivity index (χ2n) is 6.97. The quantitative estimate of drug-likeness (QED) is 0.798. The average molecular weight is 340 g/mol. The number of aromatic amines is 1. The Hall–Kier alpha value is -2.41. The second kappa shape index (κ2) is 6.84. The van der Waals surface area contributed by atoms with Crippen LogP contribution in [-0.4, -0.2) is 51.3 Å². The van der Waals surface area contributed by atoms with Gasteiger partial charge in [0.05, 0.1) is 0 Å². The minimum absolute atomic E-state index is 0.145. The number of anilines is 1. The van der Waals surface area contributed by atoms with Gasteiger partial charge < -0.3 is 15.5 Å². The third kappa shape index (κ3) is 3.99. The van der Waals surface area contributed by atoms with Crippen LogP contribution in [0.4, 0.5) is 10.5 Å². The summed E-state index contributed by atoms with van der Waals surface area (Å²) in [5, 5.41) is 13.0. The van der Waals surface area contributed by atoms with E-state index in [4.69, 9.17) is 0 Å². The monoisotopic (exact) mass is 340 g/mol. The number of carbonyl (C=O) groups excluding carboxylic acids is 1. The van der Waals surface area contributed by atoms with E-state index in [1.807, 2.05) is 31.2 Å². The number of piperidine rings is 1. The highest BCUT2D eigenvalue weighted by atomic mass is 16.2. The molecule has 2 aliphatic rings. The minimum atomic E-state index is -0.145. The summed E-state index contributed by atoms with van der Waals surface area (Å²) in [7, 11) is 0. The van der Waals surface area contributed by atoms with Gasteiger partial charge in [0.1, 0.15) is 5.82 Å². The Morgan fingerprint density at radius 3 is 2.72 bits per heavy atom. The number of rotatable bonds is 4. The molecule has 1 saturated heterocycles. The number of aryl methyl sites for hydroxylation is 1. The number of nitrogens with zero attached hydrogens (tertiary/aromatic N) is 3. The second-order valence-corrected chi connectivity index (χ2v) is 6.97. The first-order valence-corrected chi connectivity index (χ1v) is 8.98. The van der Waals surface area contributed by atoms with Crippen LogP contribution < -0.4 is 10.6 Å². The van der Waals surface area contributed by atoms with Gasteiger partial charge in [-0.1, -0.05) is 12.1 Å². The van der Waals surface area contributed by atoms with Crippen LogP contribution in [0.3, 0.4) is 0 Å². The van der Waals surface area contributed by atoms with Crippen molar-refractivity contribution in [2.45, 2.75) is 44.7 Å². The molecule has 0 bridgehead atoms. The molecule has 0 atom stereocenters. The highest BCUT2D eigenvalue weighted by molar-refractivity contribution is 5.90. The third-order valence-electron chi connectivity index (χ3n) is 4.90. The molecule has 25 heavy (non-hydrogen) atoms. The lowest BCUT2D eigenvalue weighted by molar-refractivity contribution is 0.189. The average Bonchev–Trinajstić information content (AvgIpc) is 3.36. The Morgan fingerprint density at radius 1 is 1.24 bits per heavy atom. The topological polar surface area (TPSA) is 85.9 Å². The number of nitrogens with one attached hydrogen (secondary N) is 3. The van der Waals surface area contributed by atoms with Crippen molar-refractivity contribution in [1.29, 1.82) is 0 Å². The van der Waals surface area contributed by atoms with Crippen molar-refractivity contribution in [3.05, 3.63) is 30.1 Å². The van der Waals surface area contributed by atoms with Crippen LogP contribution in [0.1, 0.15) is 31.5 Å². The Bertz CT molecular complexity index is 746. The lowest BCUT2D eigenvalue weighted by atomic mass is 10.1. The molecule has 0 radical (unpaired) electrons. The Morgan fingerprint density at radius 2 is 2.04 bits per heavy atom. The van der Waals surface area contributed by atoms with Crippen LogP contribution in [0.15, 0.2) is 24.3 Å². The van der Waals surface area contributed by atoms with E-state index in [-0.39, 0.29) is 12.1 Å². The normalized spacial score (nSPS) is 18.9. The summed E-state index contributed by atoms with van der Waals surface area (Å²) in [6.07, 6.45) is 4.75. The first-order chi connectivity index (χ1) is 12.2. The molecule has 2 heterocycles. The van der Waals surface area contributed by atoms with E-state index < -0.39 is 0 Å². The molecule has 2 aromatic rings. The lowest BCUT2D eigenvalue weighted by Crippen LogP contribution is -2.46. The number of urea groups is 1. The van der Waals surface area contributed by atoms with Gasteiger partial charge in [-0.25, -0.2) is 9.78 Å². The standard InChI is InChI=1S/C18H24N6O/c1-12-19-17(23-22-12)13-3-2-4-15(11-13)21-18(25)20-14-7-9-24(10-8-14)16-5-6-16/h2-4,11,14,16H,5-10H2,1H3,(H,19,22,23)(H2,20,21,25). The molecule has 0 unspecified atom stereocenters. The SMILES string of the molecule is Cc1nc(-c2cccc(NC(=O)NC3CCN(C4CC4)CC3)c2)n[nH]1. The first kappa shape index (κ1) is 16.1. The van der Waals surface area contributed by atoms with Gasteiger partial charge >= 0.3 is 6.03 Å². The van der Waals surface area contributed by atoms with Gasteiger partial charge in [-0.15, -0.1) is 0 Å². The number of aromatic nitrogens is 3. The van der Waals surface area contributed by atoms with Gasteiger partial charge in [0, 0.05) is 36.4 Å². The number of hydrogen-bond acceptors (Lipinski definition) is 4. The molecule has 1 aliphatic carbocycles. The number of likely N-dealkylation sites (tertiary alicyclic amines) is 1. The van der Waals surface area contributed by atoms with E-state index in [0.29, 0.717) is 5.82 Å². The smallest absolute Gasteiger partial charge is 0.319 e. The highest BCUT2D eigenvalue weighted by Crippen LogP contribution is 2.29. The summed E-state index contributed by atoms with van der Waals surface area (Å²) in [6, 6.07) is 8.51. The van der Waals surface area contributed by atoms with Gasteiger partial charge in [-0.05, 0) is 44.7 Å². The highest BCUT2D eigenvalue weighted by Gasteiger charge is 2.32. The van der Waals surface area contributed by atoms with E-state index >= 15 is 0 Å². The van der Waals surface area contributed by atoms with Crippen LogP contribution in [0, 0.1) is 6.92 Å². The van der Waals surface area contributed by atoms with Crippen molar-refractivity contribution in [3.63, 3.8) is 0 Å². The first-order valence-electron chi connectivity index (χ1n) is 8.98. The molecule has 1 aromatic heterocycles. The number of H-pyrrole nitrogens is 1. The predicted octanol–water partition coefficient (Wildman–Crippen LogP) is 2.53. The molecule has 2 fully saturated rings. The van der Waals surface area contributed by atoms with E-state index in [0.717, 1.165) is 49.0 Å². The van der Waals surface area contributed by atoms with Gasteiger partial charge in [0.25, 0.3) is 0 Å². The summed E-state index contributed by atoms with van der Waals surface area (Å²) in [5.41, 5.74) is 1.62. The molecule has 7 nitrogen and oxygen atoms in total. The third-order valence-corrected chi connectivity index (χ3v) is 4.90. The van der Waals surface area contributed by atoms with Crippen LogP contribution in [0.2, 0.25) is 0 Å². The zero-order valence-corrected chi connectivity index (χ0v) is 14.5. The lowest BCUT2D eigenvalue weighted by Gasteiger charge is -2.32. The van der Waals surface area contributed by atoms with Gasteiger partial charge in [-0.3, -0.25) is 5.10 Å². The number of carbonyl (C=O) groups is 1. The summed E-state index contributed by atoms with van der Waals surface area (Å²) >= 11 is 0. The van der Waals surface area contributed by atoms with Gasteiger partial charge in [-0.2, -0.15) is 5.10 Å². The van der Waals surface area contributed by atoms with Gasteiger partial charge in [0.15, 0.2) is 5.82 Å². The number of hydrogen-bond donors (Lipinski definition) is 3. The van der Waals surface area contributed by atoms with Crippen molar-refractivity contribution < 1.29 is 4.79 Å². The van der Waals surface area contributed by atoms with Gasteiger partial charge in [0.2, 0.25) is 0 Å². The van der Waals surface area contributed by atoms with Crippen molar-refractivity contribution in [2.24, 2.45) is 0 Å². The Balaban J connectivity index is 1.32. The summed E-state index contributed by atoms with van der Waals surface area (Å²) in [5.74, 6) is 1.40. The maximum Gasteiger partial charge on any atom is 0.319 e. The summed E-state index contributed by atoms with van der Waals surface area (Å²) < 4.78 is 0. The van der Waals surface area contributed by atoms with Crippen molar-refractivity contribution in [1.82, 2.24) is 25.4 Å². The molecular formula is C18H24N6O. The molecular weight excluding hydrogens is 316 g/mol. The Labute approximate surface area is 147 Å². The molecule has 0 spiro atoms. The maximum atomic E-state index is 12.3. The fourth-order valence-electron chi connectivity index (χ4n) is 3.41. The molecule has 4 rings (SSSR count). The zero-order chi connectivity index (χ0) is 17.2. The van der Waals surface area contributed by atoms with E-state index in [9.17, 15) is 4.79 Å². The van der Waals surface area contributed by atoms with Crippen LogP contribution >= 0.6 is 0 Å². The molecule has 7 heteroatoms. The maximum absolute atomic E-state index is 12.3. The zero-order valence-electron chi connectivity index (χ0n) is 14.5.